The normalized spacial score (nSPS) is 11.9. The second-order valence-corrected chi connectivity index (χ2v) is 15.1. The van der Waals surface area contributed by atoms with E-state index in [1.807, 2.05) is 11.3 Å². The summed E-state index contributed by atoms with van der Waals surface area (Å²) >= 11 is 2.20. The molecule has 0 N–H and O–H groups in total. The van der Waals surface area contributed by atoms with Gasteiger partial charge in [0.15, 0.2) is 0 Å². The quantitative estimate of drug-likeness (QED) is 0.169. The maximum atomic E-state index is 2.49. The van der Waals surface area contributed by atoms with Crippen LogP contribution in [-0.2, 0) is 0 Å². The van der Waals surface area contributed by atoms with Crippen molar-refractivity contribution in [2.75, 3.05) is 4.90 Å². The summed E-state index contributed by atoms with van der Waals surface area (Å²) in [4.78, 5) is 2.49. The number of para-hydroxylation sites is 2. The molecule has 216 valence electrons. The number of hydrogen-bond donors (Lipinski definition) is 0. The minimum atomic E-state index is 0.330. The van der Waals surface area contributed by atoms with Crippen LogP contribution in [-0.4, -0.2) is 19.1 Å². The maximum absolute atomic E-state index is 2.49. The molecule has 10 rings (SSSR count). The zero-order valence-corrected chi connectivity index (χ0v) is 27.3. The van der Waals surface area contributed by atoms with Gasteiger partial charge in [-0.1, -0.05) is 18.2 Å². The van der Waals surface area contributed by atoms with E-state index in [-0.39, 0.29) is 0 Å². The molecule has 0 unspecified atom stereocenters. The Labute approximate surface area is 275 Å². The molecule has 46 heavy (non-hydrogen) atoms. The van der Waals surface area contributed by atoms with Crippen LogP contribution in [0.2, 0.25) is 0 Å². The molecule has 0 aliphatic heterocycles. The minimum Gasteiger partial charge on any atom is -0.0602 e. The predicted octanol–water partition coefficient (Wildman–Crippen LogP) is 12.0. The molecule has 2 nitrogen and oxygen atoms in total. The Morgan fingerprint density at radius 2 is 1.11 bits per heavy atom. The number of aromatic nitrogens is 1. The topological polar surface area (TPSA) is 8.17 Å². The van der Waals surface area contributed by atoms with Gasteiger partial charge in [-0.3, -0.25) is 0 Å². The third-order valence-corrected chi connectivity index (χ3v) is 12.7. The van der Waals surface area contributed by atoms with E-state index < -0.39 is 0 Å². The summed E-state index contributed by atoms with van der Waals surface area (Å²) in [6, 6.07) is 58.1. The van der Waals surface area contributed by atoms with E-state index in [4.69, 9.17) is 0 Å². The van der Waals surface area contributed by atoms with E-state index in [1.165, 1.54) is 78.3 Å². The first-order chi connectivity index (χ1) is 22.8. The van der Waals surface area contributed by atoms with Crippen LogP contribution < -0.4 is 4.90 Å². The SMILES string of the molecule is c1ccc(-n2c3ccccc3c3cc(N(c4ccc5[se]c6ccccc6c5c4)c4cccc5sc6ccccc6c45)ccc32)cc1. The first-order valence-electron chi connectivity index (χ1n) is 15.5. The van der Waals surface area contributed by atoms with Gasteiger partial charge in [-0.2, -0.15) is 0 Å². The number of rotatable bonds is 4. The van der Waals surface area contributed by atoms with Gasteiger partial charge in [0, 0.05) is 0 Å². The Balaban J connectivity index is 1.29. The van der Waals surface area contributed by atoms with Crippen molar-refractivity contribution in [3.05, 3.63) is 158 Å². The van der Waals surface area contributed by atoms with E-state index in [0.717, 1.165) is 5.69 Å². The van der Waals surface area contributed by atoms with Crippen LogP contribution in [0.5, 0.6) is 0 Å². The molecule has 4 heteroatoms. The molecule has 0 spiro atoms. The molecule has 0 fully saturated rings. The Kier molecular flexibility index (Phi) is 5.79. The second-order valence-electron chi connectivity index (χ2n) is 11.8. The molecule has 0 atom stereocenters. The molecule has 0 radical (unpaired) electrons. The molecule has 0 saturated carbocycles. The second kappa shape index (κ2) is 10.2. The summed E-state index contributed by atoms with van der Waals surface area (Å²) in [5.74, 6) is 0. The van der Waals surface area contributed by atoms with E-state index >= 15 is 0 Å². The van der Waals surface area contributed by atoms with Gasteiger partial charge in [0.25, 0.3) is 0 Å². The van der Waals surface area contributed by atoms with Gasteiger partial charge in [0.05, 0.1) is 0 Å². The van der Waals surface area contributed by atoms with Crippen molar-refractivity contribution in [3.63, 3.8) is 0 Å². The van der Waals surface area contributed by atoms with Crippen molar-refractivity contribution in [2.24, 2.45) is 0 Å². The number of anilines is 3. The standard InChI is InChI=1S/C42H26N2SSe/c1-2-11-27(12-3-1)44-35-16-7-4-13-30(35)33-25-28(21-23-36(33)44)43(29-22-24-41-34(26-29)31-14-6-9-20-40(31)46-41)37-17-10-19-39-42(37)32-15-5-8-18-38(32)45-39/h1-26H. The molecule has 7 aromatic carbocycles. The summed E-state index contributed by atoms with van der Waals surface area (Å²) in [7, 11) is 0. The third-order valence-electron chi connectivity index (χ3n) is 9.17. The van der Waals surface area contributed by atoms with E-state index in [9.17, 15) is 0 Å². The first kappa shape index (κ1) is 26.1. The first-order valence-corrected chi connectivity index (χ1v) is 18.1. The molecule has 0 aliphatic rings. The zero-order chi connectivity index (χ0) is 30.2. The molecule has 0 saturated heterocycles. The number of thiophene rings is 1. The van der Waals surface area contributed by atoms with Crippen LogP contribution in [0, 0.1) is 0 Å². The number of fused-ring (bicyclic) bond motifs is 9. The molecule has 10 aromatic rings. The van der Waals surface area contributed by atoms with Crippen molar-refractivity contribution >= 4 is 104 Å². The van der Waals surface area contributed by atoms with Crippen molar-refractivity contribution in [1.29, 1.82) is 0 Å². The number of benzene rings is 7. The van der Waals surface area contributed by atoms with Crippen molar-refractivity contribution in [2.45, 2.75) is 0 Å². The number of hydrogen-bond acceptors (Lipinski definition) is 2. The van der Waals surface area contributed by atoms with E-state index in [0.29, 0.717) is 14.5 Å². The van der Waals surface area contributed by atoms with E-state index in [1.54, 1.807) is 0 Å². The van der Waals surface area contributed by atoms with Crippen molar-refractivity contribution in [3.8, 4) is 5.69 Å². The van der Waals surface area contributed by atoms with Crippen molar-refractivity contribution < 1.29 is 0 Å². The van der Waals surface area contributed by atoms with Crippen LogP contribution in [0.15, 0.2) is 158 Å². The third kappa shape index (κ3) is 3.88. The van der Waals surface area contributed by atoms with Gasteiger partial charge in [-0.15, -0.1) is 0 Å². The number of nitrogens with zero attached hydrogens (tertiary/aromatic N) is 2. The fraction of sp³-hybridized carbons (Fsp3) is 0. The zero-order valence-electron chi connectivity index (χ0n) is 24.7. The average molecular weight is 670 g/mol. The summed E-state index contributed by atoms with van der Waals surface area (Å²) in [5, 5.41) is 7.86. The molecule has 0 bridgehead atoms. The van der Waals surface area contributed by atoms with Crippen LogP contribution >= 0.6 is 11.3 Å². The summed E-state index contributed by atoms with van der Waals surface area (Å²) in [6.45, 7) is 0. The summed E-state index contributed by atoms with van der Waals surface area (Å²) < 4.78 is 7.94. The molecular weight excluding hydrogens is 644 g/mol. The van der Waals surface area contributed by atoms with Crippen LogP contribution in [0.1, 0.15) is 0 Å². The van der Waals surface area contributed by atoms with E-state index in [2.05, 4.69) is 167 Å². The van der Waals surface area contributed by atoms with Gasteiger partial charge in [-0.25, -0.2) is 0 Å². The van der Waals surface area contributed by atoms with Crippen LogP contribution in [0.3, 0.4) is 0 Å². The Hall–Kier alpha value is -5.12. The van der Waals surface area contributed by atoms with Crippen LogP contribution in [0.25, 0.3) is 67.0 Å². The Morgan fingerprint density at radius 3 is 2.00 bits per heavy atom. The monoisotopic (exact) mass is 670 g/mol. The smallest absolute Gasteiger partial charge is 0.0602 e. The average Bonchev–Trinajstić information content (AvgIpc) is 3.78. The molecule has 3 aromatic heterocycles. The fourth-order valence-electron chi connectivity index (χ4n) is 7.18. The van der Waals surface area contributed by atoms with Gasteiger partial charge < -0.3 is 0 Å². The summed E-state index contributed by atoms with van der Waals surface area (Å²) in [6.07, 6.45) is 0. The van der Waals surface area contributed by atoms with Gasteiger partial charge >= 0.3 is 259 Å². The minimum absolute atomic E-state index is 0.330. The molecule has 0 aliphatic carbocycles. The molecular formula is C42H26N2SSe. The van der Waals surface area contributed by atoms with Crippen molar-refractivity contribution in [1.82, 2.24) is 4.57 Å². The Morgan fingerprint density at radius 1 is 0.457 bits per heavy atom. The predicted molar refractivity (Wildman–Crippen MR) is 200 cm³/mol. The summed E-state index contributed by atoms with van der Waals surface area (Å²) in [5.41, 5.74) is 7.14. The van der Waals surface area contributed by atoms with Gasteiger partial charge in [0.1, 0.15) is 0 Å². The fourth-order valence-corrected chi connectivity index (χ4v) is 10.6. The van der Waals surface area contributed by atoms with Gasteiger partial charge in [0.2, 0.25) is 0 Å². The molecule has 3 heterocycles. The van der Waals surface area contributed by atoms with Gasteiger partial charge in [-0.05, 0) is 0 Å². The molecule has 0 amide bonds. The Bertz CT molecular complexity index is 2770. The van der Waals surface area contributed by atoms with Crippen LogP contribution in [0.4, 0.5) is 17.1 Å².